The van der Waals surface area contributed by atoms with E-state index in [1.54, 1.807) is 24.3 Å². The highest BCUT2D eigenvalue weighted by Gasteiger charge is 2.35. The summed E-state index contributed by atoms with van der Waals surface area (Å²) >= 11 is 0. The molecule has 0 amide bonds. The number of hydrogen-bond donors (Lipinski definition) is 1. The van der Waals surface area contributed by atoms with Crippen molar-refractivity contribution in [1.82, 2.24) is 9.55 Å². The van der Waals surface area contributed by atoms with Crippen LogP contribution in [-0.2, 0) is 40.8 Å². The van der Waals surface area contributed by atoms with Crippen LogP contribution in [0.3, 0.4) is 0 Å². The molecule has 0 saturated carbocycles. The van der Waals surface area contributed by atoms with Gasteiger partial charge in [-0.2, -0.15) is 0 Å². The molecule has 2 unspecified atom stereocenters. The maximum Gasteiger partial charge on any atom is 0.335 e. The van der Waals surface area contributed by atoms with Gasteiger partial charge >= 0.3 is 5.97 Å². The zero-order chi connectivity index (χ0) is 40.4. The molecule has 0 fully saturated rings. The number of nitrogens with zero attached hydrogens (tertiary/aromatic N) is 2. The number of fused-ring (bicyclic) bond motifs is 2. The standard InChI is InChI=1S/C46H46F2N2O7/c1-27-28(2)43-37(29(3)42(27)51)21-22-46(4,57-43)26-55-36-19-20-38-39(24-36)50(5)41(49-38)25-54-35-17-7-30(8-18-35)23-40(45(52)53-6)56-44(31-9-13-33(47)14-10-31)32-11-15-34(48)16-12-32/h7-20,24,40,44,51H,21-23,25-26H2,1-6H3. The van der Waals surface area contributed by atoms with Crippen molar-refractivity contribution in [1.29, 1.82) is 0 Å². The quantitative estimate of drug-likeness (QED) is 0.116. The topological polar surface area (TPSA) is 101 Å². The Bertz CT molecular complexity index is 2350. The molecule has 1 N–H and O–H groups in total. The first kappa shape index (κ1) is 39.3. The molecule has 1 aliphatic heterocycles. The van der Waals surface area contributed by atoms with Crippen LogP contribution in [0, 0.1) is 32.4 Å². The van der Waals surface area contributed by atoms with Crippen molar-refractivity contribution >= 4 is 17.0 Å². The molecule has 0 spiro atoms. The number of rotatable bonds is 13. The minimum atomic E-state index is -1.02. The molecule has 57 heavy (non-hydrogen) atoms. The van der Waals surface area contributed by atoms with Gasteiger partial charge in [-0.25, -0.2) is 18.6 Å². The molecule has 0 radical (unpaired) electrons. The normalized spacial score (nSPS) is 15.6. The molecular formula is C46H46F2N2O7. The molecule has 0 saturated heterocycles. The molecule has 0 bridgehead atoms. The first-order chi connectivity index (χ1) is 27.3. The molecule has 7 rings (SSSR count). The fourth-order valence-electron chi connectivity index (χ4n) is 7.26. The Morgan fingerprint density at radius 2 is 1.51 bits per heavy atom. The minimum Gasteiger partial charge on any atom is -0.507 e. The lowest BCUT2D eigenvalue weighted by Crippen LogP contribution is -2.42. The zero-order valence-electron chi connectivity index (χ0n) is 32.9. The van der Waals surface area contributed by atoms with Gasteiger partial charge in [0.1, 0.15) is 65.4 Å². The van der Waals surface area contributed by atoms with Crippen molar-refractivity contribution in [2.45, 2.75) is 71.4 Å². The Kier molecular flexibility index (Phi) is 11.2. The van der Waals surface area contributed by atoms with Gasteiger partial charge in [-0.15, -0.1) is 0 Å². The van der Waals surface area contributed by atoms with Crippen LogP contribution in [0.2, 0.25) is 0 Å². The number of benzene rings is 5. The van der Waals surface area contributed by atoms with E-state index >= 15 is 0 Å². The second-order valence-electron chi connectivity index (χ2n) is 14.9. The number of phenols is 1. The largest absolute Gasteiger partial charge is 0.507 e. The van der Waals surface area contributed by atoms with Gasteiger partial charge in [-0.3, -0.25) is 0 Å². The molecule has 1 aromatic heterocycles. The Morgan fingerprint density at radius 3 is 2.14 bits per heavy atom. The Hall–Kier alpha value is -5.94. The van der Waals surface area contributed by atoms with E-state index < -0.39 is 35.4 Å². The van der Waals surface area contributed by atoms with Gasteiger partial charge < -0.3 is 33.4 Å². The number of carbonyl (C=O) groups is 1. The predicted molar refractivity (Wildman–Crippen MR) is 212 cm³/mol. The first-order valence-electron chi connectivity index (χ1n) is 18.9. The van der Waals surface area contributed by atoms with Crippen LogP contribution in [0.25, 0.3) is 11.0 Å². The van der Waals surface area contributed by atoms with Gasteiger partial charge in [0.25, 0.3) is 0 Å². The number of aromatic hydroxyl groups is 1. The molecule has 2 atom stereocenters. The molecule has 296 valence electrons. The SMILES string of the molecule is COC(=O)C(Cc1ccc(OCc2nc3ccc(OCC4(C)CCc5c(C)c(O)c(C)c(C)c5O4)cc3n2C)cc1)OC(c1ccc(F)cc1)c1ccc(F)cc1. The number of hydrogen-bond acceptors (Lipinski definition) is 8. The Balaban J connectivity index is 0.991. The highest BCUT2D eigenvalue weighted by Crippen LogP contribution is 2.43. The average molecular weight is 777 g/mol. The zero-order valence-corrected chi connectivity index (χ0v) is 32.9. The van der Waals surface area contributed by atoms with Crippen molar-refractivity contribution in [3.05, 3.63) is 147 Å². The lowest BCUT2D eigenvalue weighted by Gasteiger charge is -2.37. The fraction of sp³-hybridized carbons (Fsp3) is 0.304. The van der Waals surface area contributed by atoms with E-state index in [0.717, 1.165) is 63.3 Å². The summed E-state index contributed by atoms with van der Waals surface area (Å²) in [6.07, 6.45) is -0.0597. The maximum atomic E-state index is 13.8. The van der Waals surface area contributed by atoms with Crippen LogP contribution in [0.5, 0.6) is 23.0 Å². The van der Waals surface area contributed by atoms with E-state index in [0.29, 0.717) is 35.0 Å². The van der Waals surface area contributed by atoms with Crippen LogP contribution in [0.4, 0.5) is 8.78 Å². The Labute approximate surface area is 330 Å². The summed E-state index contributed by atoms with van der Waals surface area (Å²) in [5.74, 6) is 1.82. The summed E-state index contributed by atoms with van der Waals surface area (Å²) in [5, 5.41) is 10.5. The lowest BCUT2D eigenvalue weighted by molar-refractivity contribution is -0.156. The predicted octanol–water partition coefficient (Wildman–Crippen LogP) is 9.11. The summed E-state index contributed by atoms with van der Waals surface area (Å²) in [5.41, 5.74) is 6.89. The number of imidazole rings is 1. The summed E-state index contributed by atoms with van der Waals surface area (Å²) in [7, 11) is 3.22. The van der Waals surface area contributed by atoms with Crippen LogP contribution >= 0.6 is 0 Å². The molecular weight excluding hydrogens is 731 g/mol. The molecule has 1 aliphatic rings. The number of carbonyl (C=O) groups excluding carboxylic acids is 1. The Morgan fingerprint density at radius 1 is 0.877 bits per heavy atom. The monoisotopic (exact) mass is 776 g/mol. The smallest absolute Gasteiger partial charge is 0.335 e. The number of ether oxygens (including phenoxy) is 5. The maximum absolute atomic E-state index is 13.8. The lowest BCUT2D eigenvalue weighted by atomic mass is 9.87. The van der Waals surface area contributed by atoms with Crippen molar-refractivity contribution in [2.75, 3.05) is 13.7 Å². The van der Waals surface area contributed by atoms with Crippen LogP contribution < -0.4 is 14.2 Å². The van der Waals surface area contributed by atoms with Gasteiger partial charge in [0.05, 0.1) is 18.1 Å². The van der Waals surface area contributed by atoms with Gasteiger partial charge in [0.2, 0.25) is 0 Å². The molecule has 9 nitrogen and oxygen atoms in total. The van der Waals surface area contributed by atoms with Crippen molar-refractivity contribution < 1.29 is 42.4 Å². The summed E-state index contributed by atoms with van der Waals surface area (Å²) in [4.78, 5) is 17.7. The van der Waals surface area contributed by atoms with Gasteiger partial charge in [-0.05, 0) is 122 Å². The van der Waals surface area contributed by atoms with Crippen molar-refractivity contribution in [2.24, 2.45) is 7.05 Å². The number of aryl methyl sites for hydroxylation is 1. The van der Waals surface area contributed by atoms with E-state index in [-0.39, 0.29) is 13.0 Å². The molecule has 6 aromatic rings. The van der Waals surface area contributed by atoms with E-state index in [4.69, 9.17) is 28.7 Å². The summed E-state index contributed by atoms with van der Waals surface area (Å²) < 4.78 is 59.9. The van der Waals surface area contributed by atoms with E-state index in [1.165, 1.54) is 31.4 Å². The third-order valence-corrected chi connectivity index (χ3v) is 10.9. The molecule has 5 aromatic carbocycles. The second-order valence-corrected chi connectivity index (χ2v) is 14.9. The molecule has 11 heteroatoms. The first-order valence-corrected chi connectivity index (χ1v) is 18.9. The minimum absolute atomic E-state index is 0.184. The van der Waals surface area contributed by atoms with E-state index in [2.05, 4.69) is 6.92 Å². The van der Waals surface area contributed by atoms with E-state index in [1.807, 2.05) is 74.9 Å². The third-order valence-electron chi connectivity index (χ3n) is 10.9. The third kappa shape index (κ3) is 8.44. The number of methoxy groups -OCH3 is 1. The van der Waals surface area contributed by atoms with Gasteiger partial charge in [0.15, 0.2) is 6.10 Å². The van der Waals surface area contributed by atoms with Crippen molar-refractivity contribution in [3.8, 4) is 23.0 Å². The number of halogens is 2. The number of esters is 1. The fourth-order valence-corrected chi connectivity index (χ4v) is 7.26. The molecule has 0 aliphatic carbocycles. The van der Waals surface area contributed by atoms with Gasteiger partial charge in [-0.1, -0.05) is 36.4 Å². The van der Waals surface area contributed by atoms with Crippen LogP contribution in [0.15, 0.2) is 91.0 Å². The average Bonchev–Trinajstić information content (AvgIpc) is 3.54. The number of phenolic OH excluding ortho intramolecular Hbond substituents is 1. The van der Waals surface area contributed by atoms with Crippen molar-refractivity contribution in [3.63, 3.8) is 0 Å². The number of aromatic nitrogens is 2. The molecule has 2 heterocycles. The van der Waals surface area contributed by atoms with Crippen LogP contribution in [-0.4, -0.2) is 46.0 Å². The van der Waals surface area contributed by atoms with Crippen LogP contribution in [0.1, 0.15) is 64.2 Å². The summed E-state index contributed by atoms with van der Waals surface area (Å²) in [6, 6.07) is 24.7. The van der Waals surface area contributed by atoms with Gasteiger partial charge in [0, 0.05) is 25.1 Å². The van der Waals surface area contributed by atoms with E-state index in [9.17, 15) is 18.7 Å². The highest BCUT2D eigenvalue weighted by atomic mass is 19.1. The second kappa shape index (κ2) is 16.3. The highest BCUT2D eigenvalue weighted by molar-refractivity contribution is 5.78. The summed E-state index contributed by atoms with van der Waals surface area (Å²) in [6.45, 7) is 8.47.